The fraction of sp³-hybridized carbons (Fsp3) is 0.158. The molecule has 1 amide bonds. The van der Waals surface area contributed by atoms with Gasteiger partial charge < -0.3 is 5.32 Å². The molecule has 0 aliphatic heterocycles. The summed E-state index contributed by atoms with van der Waals surface area (Å²) in [5, 5.41) is 2.78. The van der Waals surface area contributed by atoms with Crippen molar-refractivity contribution in [3.63, 3.8) is 0 Å². The van der Waals surface area contributed by atoms with Gasteiger partial charge in [0.05, 0.1) is 5.71 Å². The first kappa shape index (κ1) is 15.7. The Hall–Kier alpha value is -2.68. The van der Waals surface area contributed by atoms with Gasteiger partial charge >= 0.3 is 0 Å². The van der Waals surface area contributed by atoms with Crippen LogP contribution in [-0.2, 0) is 4.79 Å². The zero-order chi connectivity index (χ0) is 15.8. The lowest BCUT2D eigenvalue weighted by Crippen LogP contribution is -2.32. The van der Waals surface area contributed by atoms with Crippen LogP contribution in [0.4, 0.5) is 0 Å². The monoisotopic (exact) mass is 292 g/mol. The second kappa shape index (κ2) is 7.93. The summed E-state index contributed by atoms with van der Waals surface area (Å²) in [6.07, 6.45) is 1.66. The summed E-state index contributed by atoms with van der Waals surface area (Å²) in [5.74, 6) is -0.107. The first-order valence-corrected chi connectivity index (χ1v) is 7.29. The van der Waals surface area contributed by atoms with Gasteiger partial charge in [0.25, 0.3) is 0 Å². The van der Waals surface area contributed by atoms with E-state index in [9.17, 15) is 4.79 Å². The predicted molar refractivity (Wildman–Crippen MR) is 91.2 cm³/mol. The van der Waals surface area contributed by atoms with Gasteiger partial charge in [0.1, 0.15) is 6.04 Å². The number of amides is 1. The van der Waals surface area contributed by atoms with E-state index in [1.54, 1.807) is 13.0 Å². The van der Waals surface area contributed by atoms with Crippen molar-refractivity contribution in [1.82, 2.24) is 5.32 Å². The SMILES string of the molecule is C=CCNC(=O)C(C)N=C(c1ccccc1)c1ccccc1. The summed E-state index contributed by atoms with van der Waals surface area (Å²) < 4.78 is 0. The van der Waals surface area contributed by atoms with Crippen LogP contribution in [-0.4, -0.2) is 24.2 Å². The quantitative estimate of drug-likeness (QED) is 0.644. The van der Waals surface area contributed by atoms with Gasteiger partial charge in [0.15, 0.2) is 0 Å². The zero-order valence-corrected chi connectivity index (χ0v) is 12.7. The highest BCUT2D eigenvalue weighted by atomic mass is 16.2. The van der Waals surface area contributed by atoms with Crippen molar-refractivity contribution in [2.45, 2.75) is 13.0 Å². The van der Waals surface area contributed by atoms with Crippen LogP contribution in [0.5, 0.6) is 0 Å². The summed E-state index contributed by atoms with van der Waals surface area (Å²) in [7, 11) is 0. The number of carbonyl (C=O) groups excluding carboxylic acids is 1. The van der Waals surface area contributed by atoms with Gasteiger partial charge in [-0.15, -0.1) is 6.58 Å². The van der Waals surface area contributed by atoms with E-state index in [1.165, 1.54) is 0 Å². The summed E-state index contributed by atoms with van der Waals surface area (Å²) in [6, 6.07) is 19.3. The van der Waals surface area contributed by atoms with Crippen LogP contribution >= 0.6 is 0 Å². The van der Waals surface area contributed by atoms with E-state index in [4.69, 9.17) is 0 Å². The third kappa shape index (κ3) is 4.16. The summed E-state index contributed by atoms with van der Waals surface area (Å²) in [5.41, 5.74) is 2.82. The van der Waals surface area contributed by atoms with Crippen molar-refractivity contribution >= 4 is 11.6 Å². The molecule has 0 spiro atoms. The molecular formula is C19H20N2O. The molecule has 0 bridgehead atoms. The van der Waals surface area contributed by atoms with Crippen molar-refractivity contribution < 1.29 is 4.79 Å². The number of aliphatic imine (C=N–C) groups is 1. The largest absolute Gasteiger partial charge is 0.351 e. The molecule has 2 rings (SSSR count). The average Bonchev–Trinajstić information content (AvgIpc) is 2.58. The fourth-order valence-corrected chi connectivity index (χ4v) is 2.08. The van der Waals surface area contributed by atoms with Gasteiger partial charge in [-0.2, -0.15) is 0 Å². The Morgan fingerprint density at radius 2 is 1.59 bits per heavy atom. The predicted octanol–water partition coefficient (Wildman–Crippen LogP) is 3.21. The van der Waals surface area contributed by atoms with Crippen LogP contribution < -0.4 is 5.32 Å². The number of nitrogens with zero attached hydrogens (tertiary/aromatic N) is 1. The van der Waals surface area contributed by atoms with Crippen LogP contribution in [0.3, 0.4) is 0 Å². The minimum Gasteiger partial charge on any atom is -0.351 e. The van der Waals surface area contributed by atoms with Crippen molar-refractivity contribution in [1.29, 1.82) is 0 Å². The Balaban J connectivity index is 2.35. The molecule has 2 aromatic carbocycles. The maximum absolute atomic E-state index is 12.0. The molecule has 3 heteroatoms. The Bertz CT molecular complexity index is 606. The van der Waals surface area contributed by atoms with Gasteiger partial charge in [0.2, 0.25) is 5.91 Å². The molecule has 0 fully saturated rings. The highest BCUT2D eigenvalue weighted by Gasteiger charge is 2.14. The molecule has 0 saturated carbocycles. The van der Waals surface area contributed by atoms with Crippen molar-refractivity contribution in [2.24, 2.45) is 4.99 Å². The number of benzene rings is 2. The molecule has 22 heavy (non-hydrogen) atoms. The number of carbonyl (C=O) groups is 1. The first-order chi connectivity index (χ1) is 10.7. The lowest BCUT2D eigenvalue weighted by Gasteiger charge is -2.12. The van der Waals surface area contributed by atoms with Gasteiger partial charge in [0, 0.05) is 17.7 Å². The Morgan fingerprint density at radius 1 is 1.09 bits per heavy atom. The van der Waals surface area contributed by atoms with E-state index in [2.05, 4.69) is 16.9 Å². The van der Waals surface area contributed by atoms with Crippen LogP contribution in [0.1, 0.15) is 18.1 Å². The molecule has 1 unspecified atom stereocenters. The van der Waals surface area contributed by atoms with E-state index >= 15 is 0 Å². The Kier molecular flexibility index (Phi) is 5.66. The van der Waals surface area contributed by atoms with Crippen LogP contribution in [0.2, 0.25) is 0 Å². The van der Waals surface area contributed by atoms with Gasteiger partial charge in [-0.05, 0) is 6.92 Å². The Morgan fingerprint density at radius 3 is 2.05 bits per heavy atom. The maximum Gasteiger partial charge on any atom is 0.244 e. The molecular weight excluding hydrogens is 272 g/mol. The Labute approximate surface area is 131 Å². The summed E-state index contributed by atoms with van der Waals surface area (Å²) >= 11 is 0. The molecule has 0 aliphatic carbocycles. The molecule has 3 nitrogen and oxygen atoms in total. The van der Waals surface area contributed by atoms with E-state index < -0.39 is 6.04 Å². The maximum atomic E-state index is 12.0. The van der Waals surface area contributed by atoms with E-state index in [0.717, 1.165) is 16.8 Å². The lowest BCUT2D eigenvalue weighted by atomic mass is 10.0. The number of hydrogen-bond acceptors (Lipinski definition) is 2. The first-order valence-electron chi connectivity index (χ1n) is 7.29. The van der Waals surface area contributed by atoms with Crippen LogP contribution in [0, 0.1) is 0 Å². The molecule has 0 aliphatic rings. The van der Waals surface area contributed by atoms with Crippen LogP contribution in [0.15, 0.2) is 78.3 Å². The van der Waals surface area contributed by atoms with Crippen molar-refractivity contribution in [2.75, 3.05) is 6.54 Å². The molecule has 112 valence electrons. The third-order valence-corrected chi connectivity index (χ3v) is 3.22. The normalized spacial score (nSPS) is 11.3. The average molecular weight is 292 g/mol. The minimum absolute atomic E-state index is 0.107. The summed E-state index contributed by atoms with van der Waals surface area (Å²) in [4.78, 5) is 16.7. The molecule has 0 heterocycles. The topological polar surface area (TPSA) is 41.5 Å². The van der Waals surface area contributed by atoms with E-state index in [-0.39, 0.29) is 5.91 Å². The van der Waals surface area contributed by atoms with E-state index in [0.29, 0.717) is 6.54 Å². The second-order valence-corrected chi connectivity index (χ2v) is 4.92. The van der Waals surface area contributed by atoms with Gasteiger partial charge in [-0.25, -0.2) is 0 Å². The molecule has 0 saturated heterocycles. The highest BCUT2D eigenvalue weighted by Crippen LogP contribution is 2.12. The highest BCUT2D eigenvalue weighted by molar-refractivity contribution is 6.13. The number of hydrogen-bond donors (Lipinski definition) is 1. The van der Waals surface area contributed by atoms with Crippen molar-refractivity contribution in [3.05, 3.63) is 84.4 Å². The fourth-order valence-electron chi connectivity index (χ4n) is 2.08. The molecule has 1 N–H and O–H groups in total. The lowest BCUT2D eigenvalue weighted by molar-refractivity contribution is -0.121. The molecule has 2 aromatic rings. The van der Waals surface area contributed by atoms with Crippen LogP contribution in [0.25, 0.3) is 0 Å². The van der Waals surface area contributed by atoms with E-state index in [1.807, 2.05) is 60.7 Å². The molecule has 0 radical (unpaired) electrons. The minimum atomic E-state index is -0.463. The van der Waals surface area contributed by atoms with Crippen molar-refractivity contribution in [3.8, 4) is 0 Å². The van der Waals surface area contributed by atoms with Gasteiger partial charge in [-0.3, -0.25) is 9.79 Å². The number of rotatable bonds is 6. The smallest absolute Gasteiger partial charge is 0.244 e. The second-order valence-electron chi connectivity index (χ2n) is 4.92. The molecule has 0 aromatic heterocycles. The van der Waals surface area contributed by atoms with Gasteiger partial charge in [-0.1, -0.05) is 66.7 Å². The zero-order valence-electron chi connectivity index (χ0n) is 12.7. The third-order valence-electron chi connectivity index (χ3n) is 3.22. The number of nitrogens with one attached hydrogen (secondary N) is 1. The summed E-state index contributed by atoms with van der Waals surface area (Å²) in [6.45, 7) is 5.84. The standard InChI is InChI=1S/C19H20N2O/c1-3-14-20-19(22)15(2)21-18(16-10-6-4-7-11-16)17-12-8-5-9-13-17/h3-13,15H,1,14H2,2H3,(H,20,22). The molecule has 1 atom stereocenters.